The molecule has 2 aromatic rings. The highest BCUT2D eigenvalue weighted by atomic mass is 35.5. The second-order valence-electron chi connectivity index (χ2n) is 3.45. The average Bonchev–Trinajstić information content (AvgIpc) is 2.81. The van der Waals surface area contributed by atoms with Gasteiger partial charge in [0.15, 0.2) is 0 Å². The van der Waals surface area contributed by atoms with E-state index in [0.29, 0.717) is 5.02 Å². The van der Waals surface area contributed by atoms with E-state index in [-0.39, 0.29) is 6.04 Å². The van der Waals surface area contributed by atoms with Crippen molar-refractivity contribution in [1.82, 2.24) is 10.4 Å². The monoisotopic (exact) mass is 253 g/mol. The lowest BCUT2D eigenvalue weighted by Crippen LogP contribution is -2.29. The van der Waals surface area contributed by atoms with Crippen LogP contribution in [0.3, 0.4) is 0 Å². The summed E-state index contributed by atoms with van der Waals surface area (Å²) >= 11 is 7.72. The summed E-state index contributed by atoms with van der Waals surface area (Å²) in [6, 6.07) is 4.06. The average molecular weight is 254 g/mol. The van der Waals surface area contributed by atoms with Crippen molar-refractivity contribution in [3.63, 3.8) is 0 Å². The van der Waals surface area contributed by atoms with Crippen molar-refractivity contribution in [2.24, 2.45) is 5.84 Å². The number of pyridine rings is 1. The van der Waals surface area contributed by atoms with Crippen molar-refractivity contribution in [2.75, 3.05) is 0 Å². The molecular formula is C11H12ClN3S. The van der Waals surface area contributed by atoms with Gasteiger partial charge in [0.05, 0.1) is 11.1 Å². The fraction of sp³-hybridized carbons (Fsp3) is 0.182. The summed E-state index contributed by atoms with van der Waals surface area (Å²) in [6.45, 7) is 0. The number of halogens is 1. The van der Waals surface area contributed by atoms with Gasteiger partial charge in [0.2, 0.25) is 0 Å². The summed E-state index contributed by atoms with van der Waals surface area (Å²) in [4.78, 5) is 3.96. The van der Waals surface area contributed by atoms with Gasteiger partial charge >= 0.3 is 0 Å². The molecule has 0 aliphatic heterocycles. The Hall–Kier alpha value is -0.940. The fourth-order valence-electron chi connectivity index (χ4n) is 1.54. The maximum absolute atomic E-state index is 6.06. The Morgan fingerprint density at radius 3 is 3.00 bits per heavy atom. The zero-order chi connectivity index (χ0) is 11.4. The van der Waals surface area contributed by atoms with Crippen LogP contribution in [0.2, 0.25) is 5.02 Å². The van der Waals surface area contributed by atoms with Gasteiger partial charge in [-0.25, -0.2) is 0 Å². The summed E-state index contributed by atoms with van der Waals surface area (Å²) in [6.07, 6.45) is 4.15. The minimum atomic E-state index is 0.0890. The summed E-state index contributed by atoms with van der Waals surface area (Å²) in [5.41, 5.74) is 5.04. The molecule has 84 valence electrons. The third kappa shape index (κ3) is 2.59. The third-order valence-electron chi connectivity index (χ3n) is 2.43. The van der Waals surface area contributed by atoms with Crippen LogP contribution in [0, 0.1) is 0 Å². The second kappa shape index (κ2) is 5.41. The smallest absolute Gasteiger partial charge is 0.0622 e. The second-order valence-corrected chi connectivity index (χ2v) is 4.63. The number of hydrogen-bond acceptors (Lipinski definition) is 4. The maximum atomic E-state index is 6.06. The Balaban J connectivity index is 2.17. The largest absolute Gasteiger partial charge is 0.271 e. The van der Waals surface area contributed by atoms with Gasteiger partial charge in [-0.1, -0.05) is 11.6 Å². The highest BCUT2D eigenvalue weighted by Gasteiger charge is 2.12. The molecule has 0 aliphatic carbocycles. The van der Waals surface area contributed by atoms with Gasteiger partial charge in [0, 0.05) is 12.4 Å². The molecule has 0 aromatic carbocycles. The lowest BCUT2D eigenvalue weighted by Gasteiger charge is -2.15. The fourth-order valence-corrected chi connectivity index (χ4v) is 2.45. The first-order valence-electron chi connectivity index (χ1n) is 4.88. The van der Waals surface area contributed by atoms with Gasteiger partial charge in [-0.05, 0) is 40.4 Å². The lowest BCUT2D eigenvalue weighted by molar-refractivity contribution is 0.553. The summed E-state index contributed by atoms with van der Waals surface area (Å²) in [7, 11) is 0. The van der Waals surface area contributed by atoms with E-state index < -0.39 is 0 Å². The van der Waals surface area contributed by atoms with E-state index in [1.54, 1.807) is 23.7 Å². The van der Waals surface area contributed by atoms with Crippen molar-refractivity contribution < 1.29 is 0 Å². The molecular weight excluding hydrogens is 242 g/mol. The van der Waals surface area contributed by atoms with E-state index in [1.165, 1.54) is 5.56 Å². The molecule has 0 spiro atoms. The van der Waals surface area contributed by atoms with Crippen molar-refractivity contribution in [2.45, 2.75) is 12.5 Å². The first-order chi connectivity index (χ1) is 7.81. The summed E-state index contributed by atoms with van der Waals surface area (Å²) in [5, 5.41) is 4.80. The predicted molar refractivity (Wildman–Crippen MR) is 67.3 cm³/mol. The van der Waals surface area contributed by atoms with Gasteiger partial charge in [0.25, 0.3) is 0 Å². The van der Waals surface area contributed by atoms with Crippen molar-refractivity contribution >= 4 is 22.9 Å². The molecule has 0 aliphatic rings. The van der Waals surface area contributed by atoms with Gasteiger partial charge in [-0.2, -0.15) is 11.3 Å². The highest BCUT2D eigenvalue weighted by molar-refractivity contribution is 7.07. The molecule has 0 saturated carbocycles. The number of thiophene rings is 1. The molecule has 0 radical (unpaired) electrons. The number of hydrazine groups is 1. The van der Waals surface area contributed by atoms with Crippen LogP contribution in [0.4, 0.5) is 0 Å². The number of rotatable bonds is 4. The number of aromatic nitrogens is 1. The van der Waals surface area contributed by atoms with Crippen molar-refractivity contribution in [3.8, 4) is 0 Å². The zero-order valence-corrected chi connectivity index (χ0v) is 10.1. The maximum Gasteiger partial charge on any atom is 0.0622 e. The highest BCUT2D eigenvalue weighted by Crippen LogP contribution is 2.23. The molecule has 1 unspecified atom stereocenters. The minimum absolute atomic E-state index is 0.0890. The van der Waals surface area contributed by atoms with Crippen LogP contribution in [0.25, 0.3) is 0 Å². The molecule has 2 rings (SSSR count). The van der Waals surface area contributed by atoms with E-state index in [4.69, 9.17) is 17.4 Å². The van der Waals surface area contributed by atoms with E-state index in [2.05, 4.69) is 21.9 Å². The Labute approximate surface area is 103 Å². The van der Waals surface area contributed by atoms with E-state index in [0.717, 1.165) is 12.0 Å². The van der Waals surface area contributed by atoms with Gasteiger partial charge in [-0.15, -0.1) is 0 Å². The SMILES string of the molecule is NNC(Cc1ccncc1Cl)c1ccsc1. The Morgan fingerprint density at radius 1 is 1.50 bits per heavy atom. The first-order valence-corrected chi connectivity index (χ1v) is 6.20. The van der Waals surface area contributed by atoms with Crippen LogP contribution in [0.1, 0.15) is 17.2 Å². The van der Waals surface area contributed by atoms with Gasteiger partial charge in [-0.3, -0.25) is 16.3 Å². The molecule has 0 saturated heterocycles. The van der Waals surface area contributed by atoms with E-state index >= 15 is 0 Å². The molecule has 0 bridgehead atoms. The standard InChI is InChI=1S/C11H12ClN3S/c12-10-6-14-3-1-8(10)5-11(15-13)9-2-4-16-7-9/h1-4,6-7,11,15H,5,13H2. The van der Waals surface area contributed by atoms with Gasteiger partial charge < -0.3 is 0 Å². The first kappa shape index (κ1) is 11.5. The Morgan fingerprint density at radius 2 is 2.38 bits per heavy atom. The third-order valence-corrected chi connectivity index (χ3v) is 3.47. The van der Waals surface area contributed by atoms with Crippen molar-refractivity contribution in [3.05, 3.63) is 51.4 Å². The molecule has 1 atom stereocenters. The van der Waals surface area contributed by atoms with Crippen LogP contribution >= 0.6 is 22.9 Å². The molecule has 2 heterocycles. The number of hydrogen-bond donors (Lipinski definition) is 2. The predicted octanol–water partition coefficient (Wildman–Crippen LogP) is 2.54. The summed E-state index contributed by atoms with van der Waals surface area (Å²) in [5.74, 6) is 5.56. The normalized spacial score (nSPS) is 12.6. The van der Waals surface area contributed by atoms with Crippen LogP contribution in [0.15, 0.2) is 35.3 Å². The Kier molecular flexibility index (Phi) is 3.90. The zero-order valence-electron chi connectivity index (χ0n) is 8.56. The number of nitrogens with one attached hydrogen (secondary N) is 1. The summed E-state index contributed by atoms with van der Waals surface area (Å²) < 4.78 is 0. The molecule has 16 heavy (non-hydrogen) atoms. The Bertz CT molecular complexity index is 444. The van der Waals surface area contributed by atoms with Crippen LogP contribution in [0.5, 0.6) is 0 Å². The topological polar surface area (TPSA) is 50.9 Å². The number of nitrogens with zero attached hydrogens (tertiary/aromatic N) is 1. The molecule has 2 aromatic heterocycles. The molecule has 0 fully saturated rings. The van der Waals surface area contributed by atoms with Crippen LogP contribution in [-0.2, 0) is 6.42 Å². The lowest BCUT2D eigenvalue weighted by atomic mass is 10.0. The quantitative estimate of drug-likeness (QED) is 0.650. The van der Waals surface area contributed by atoms with E-state index in [1.807, 2.05) is 11.4 Å². The minimum Gasteiger partial charge on any atom is -0.271 e. The number of nitrogens with two attached hydrogens (primary N) is 1. The van der Waals surface area contributed by atoms with Crippen molar-refractivity contribution in [1.29, 1.82) is 0 Å². The van der Waals surface area contributed by atoms with Gasteiger partial charge in [0.1, 0.15) is 0 Å². The van der Waals surface area contributed by atoms with Crippen LogP contribution < -0.4 is 11.3 Å². The molecule has 5 heteroatoms. The van der Waals surface area contributed by atoms with E-state index in [9.17, 15) is 0 Å². The molecule has 3 N–H and O–H groups in total. The van der Waals surface area contributed by atoms with Crippen LogP contribution in [-0.4, -0.2) is 4.98 Å². The molecule has 3 nitrogen and oxygen atoms in total. The molecule has 0 amide bonds.